The third kappa shape index (κ3) is 5.30. The molecule has 6 nitrogen and oxygen atoms in total. The molecule has 0 spiro atoms. The Morgan fingerprint density at radius 2 is 1.11 bits per heavy atom. The molecule has 6 heteroatoms. The molecule has 0 saturated carbocycles. The van der Waals surface area contributed by atoms with E-state index in [-0.39, 0.29) is 0 Å². The summed E-state index contributed by atoms with van der Waals surface area (Å²) in [7, 11) is 2.18. The number of piperazine rings is 1. The molecule has 2 aromatic heterocycles. The average molecular weight is 587 g/mol. The van der Waals surface area contributed by atoms with Crippen LogP contribution in [0.5, 0.6) is 0 Å². The smallest absolute Gasteiger partial charge is 0.138 e. The second-order valence-electron chi connectivity index (χ2n) is 11.9. The minimum atomic E-state index is 0.849. The van der Waals surface area contributed by atoms with Gasteiger partial charge in [-0.15, -0.1) is 0 Å². The quantitative estimate of drug-likeness (QED) is 0.205. The lowest BCUT2D eigenvalue weighted by molar-refractivity contribution is 0.313. The summed E-state index contributed by atoms with van der Waals surface area (Å²) in [5, 5.41) is 0. The maximum Gasteiger partial charge on any atom is 0.138 e. The van der Waals surface area contributed by atoms with Crippen LogP contribution in [0.25, 0.3) is 73.2 Å². The Morgan fingerprint density at radius 1 is 0.578 bits per heavy atom. The number of hydrogen-bond donors (Lipinski definition) is 2. The topological polar surface area (TPSA) is 63.8 Å². The van der Waals surface area contributed by atoms with Crippen molar-refractivity contribution in [2.24, 2.45) is 0 Å². The van der Waals surface area contributed by atoms with Crippen molar-refractivity contribution < 1.29 is 0 Å². The molecule has 0 radical (unpaired) electrons. The third-order valence-electron chi connectivity index (χ3n) is 8.90. The molecule has 1 aliphatic rings. The van der Waals surface area contributed by atoms with Crippen LogP contribution in [0.4, 0.5) is 5.69 Å². The lowest BCUT2D eigenvalue weighted by Gasteiger charge is -2.34. The van der Waals surface area contributed by atoms with Gasteiger partial charge in [0.2, 0.25) is 0 Å². The fourth-order valence-corrected chi connectivity index (χ4v) is 6.23. The molecule has 1 aliphatic heterocycles. The molecule has 0 bridgehead atoms. The number of anilines is 1. The highest BCUT2D eigenvalue weighted by Gasteiger charge is 2.16. The van der Waals surface area contributed by atoms with Crippen LogP contribution in [0, 0.1) is 0 Å². The Kier molecular flexibility index (Phi) is 6.77. The van der Waals surface area contributed by atoms with Crippen LogP contribution < -0.4 is 4.90 Å². The van der Waals surface area contributed by atoms with Gasteiger partial charge < -0.3 is 19.8 Å². The number of fused-ring (bicyclic) bond motifs is 2. The van der Waals surface area contributed by atoms with Gasteiger partial charge in [0.1, 0.15) is 11.6 Å². The predicted molar refractivity (Wildman–Crippen MR) is 187 cm³/mol. The number of aromatic amines is 2. The number of hydrogen-bond acceptors (Lipinski definition) is 4. The summed E-state index contributed by atoms with van der Waals surface area (Å²) < 4.78 is 0. The zero-order valence-corrected chi connectivity index (χ0v) is 25.3. The Hall–Kier alpha value is -5.46. The first-order valence-electron chi connectivity index (χ1n) is 15.5. The second-order valence-corrected chi connectivity index (χ2v) is 11.9. The lowest BCUT2D eigenvalue weighted by Crippen LogP contribution is -2.44. The molecule has 7 aromatic rings. The first kappa shape index (κ1) is 27.1. The maximum atomic E-state index is 4.94. The van der Waals surface area contributed by atoms with Crippen molar-refractivity contribution in [1.82, 2.24) is 24.8 Å². The summed E-state index contributed by atoms with van der Waals surface area (Å²) in [5.74, 6) is 1.71. The standard InChI is InChI=1S/C39H34N6/c1-3-26-10-12-27(13-11-26)28-6-4-7-29(22-28)30-8-5-9-31(23-30)38-40-34-16-14-32(24-36(34)42-38)39-41-35-17-15-33(25-37(35)43-39)45-20-18-44(2)19-21-45/h3-17,22-25H,1,18-21H2,2H3,(H,40,42)(H,41,43). The fraction of sp³-hybridized carbons (Fsp3) is 0.128. The predicted octanol–water partition coefficient (Wildman–Crippen LogP) is 8.50. The Morgan fingerprint density at radius 3 is 1.78 bits per heavy atom. The van der Waals surface area contributed by atoms with Gasteiger partial charge in [-0.05, 0) is 83.4 Å². The fourth-order valence-electron chi connectivity index (χ4n) is 6.23. The van der Waals surface area contributed by atoms with Gasteiger partial charge in [0.05, 0.1) is 22.1 Å². The first-order chi connectivity index (χ1) is 22.1. The summed E-state index contributed by atoms with van der Waals surface area (Å²) in [4.78, 5) is 21.8. The molecule has 5 aromatic carbocycles. The molecular weight excluding hydrogens is 552 g/mol. The van der Waals surface area contributed by atoms with E-state index in [1.54, 1.807) is 0 Å². The summed E-state index contributed by atoms with van der Waals surface area (Å²) >= 11 is 0. The Labute approximate surface area is 262 Å². The van der Waals surface area contributed by atoms with Gasteiger partial charge >= 0.3 is 0 Å². The van der Waals surface area contributed by atoms with Crippen molar-refractivity contribution in [1.29, 1.82) is 0 Å². The second kappa shape index (κ2) is 11.2. The zero-order valence-electron chi connectivity index (χ0n) is 25.3. The van der Waals surface area contributed by atoms with E-state index in [1.165, 1.54) is 22.4 Å². The van der Waals surface area contributed by atoms with E-state index < -0.39 is 0 Å². The van der Waals surface area contributed by atoms with Crippen LogP contribution in [-0.4, -0.2) is 58.1 Å². The van der Waals surface area contributed by atoms with E-state index >= 15 is 0 Å². The minimum absolute atomic E-state index is 0.849. The number of likely N-dealkylation sites (N-methyl/N-ethyl adjacent to an activating group) is 1. The van der Waals surface area contributed by atoms with Crippen LogP contribution in [-0.2, 0) is 0 Å². The van der Waals surface area contributed by atoms with E-state index in [0.717, 1.165) is 82.1 Å². The maximum absolute atomic E-state index is 4.94. The van der Waals surface area contributed by atoms with E-state index in [2.05, 4.69) is 143 Å². The van der Waals surface area contributed by atoms with E-state index in [4.69, 9.17) is 9.97 Å². The Bertz CT molecular complexity index is 2160. The molecule has 1 fully saturated rings. The zero-order chi connectivity index (χ0) is 30.3. The van der Waals surface area contributed by atoms with Crippen LogP contribution in [0.15, 0.2) is 116 Å². The molecule has 1 saturated heterocycles. The highest BCUT2D eigenvalue weighted by atomic mass is 15.2. The van der Waals surface area contributed by atoms with Crippen LogP contribution in [0.1, 0.15) is 5.56 Å². The molecule has 220 valence electrons. The molecule has 2 N–H and O–H groups in total. The highest BCUT2D eigenvalue weighted by molar-refractivity contribution is 5.87. The number of imidazole rings is 2. The number of benzene rings is 5. The van der Waals surface area contributed by atoms with Crippen LogP contribution >= 0.6 is 0 Å². The number of nitrogens with zero attached hydrogens (tertiary/aromatic N) is 4. The van der Waals surface area contributed by atoms with Gasteiger partial charge in [-0.2, -0.15) is 0 Å². The number of nitrogens with one attached hydrogen (secondary N) is 2. The lowest BCUT2D eigenvalue weighted by atomic mass is 9.97. The van der Waals surface area contributed by atoms with Gasteiger partial charge in [-0.25, -0.2) is 9.97 Å². The first-order valence-corrected chi connectivity index (χ1v) is 15.5. The van der Waals surface area contributed by atoms with E-state index in [1.807, 2.05) is 6.08 Å². The van der Waals surface area contributed by atoms with Gasteiger partial charge in [0.15, 0.2) is 0 Å². The number of rotatable bonds is 6. The molecule has 0 atom stereocenters. The molecular formula is C39H34N6. The van der Waals surface area contributed by atoms with E-state index in [9.17, 15) is 0 Å². The van der Waals surface area contributed by atoms with Crippen molar-refractivity contribution in [2.45, 2.75) is 0 Å². The Balaban J connectivity index is 1.07. The molecule has 45 heavy (non-hydrogen) atoms. The van der Waals surface area contributed by atoms with Crippen molar-refractivity contribution in [3.8, 4) is 45.0 Å². The summed E-state index contributed by atoms with van der Waals surface area (Å²) in [6, 6.07) is 38.6. The van der Waals surface area contributed by atoms with Crippen LogP contribution in [0.2, 0.25) is 0 Å². The van der Waals surface area contributed by atoms with E-state index in [0.29, 0.717) is 0 Å². The van der Waals surface area contributed by atoms with Crippen molar-refractivity contribution in [3.05, 3.63) is 121 Å². The van der Waals surface area contributed by atoms with Crippen molar-refractivity contribution >= 4 is 33.8 Å². The van der Waals surface area contributed by atoms with Crippen LogP contribution in [0.3, 0.4) is 0 Å². The van der Waals surface area contributed by atoms with Gasteiger partial charge in [-0.1, -0.05) is 73.3 Å². The van der Waals surface area contributed by atoms with Crippen molar-refractivity contribution in [3.63, 3.8) is 0 Å². The highest BCUT2D eigenvalue weighted by Crippen LogP contribution is 2.31. The molecule has 0 amide bonds. The van der Waals surface area contributed by atoms with Gasteiger partial charge in [-0.3, -0.25) is 0 Å². The number of aromatic nitrogens is 4. The number of H-pyrrole nitrogens is 2. The average Bonchev–Trinajstić information content (AvgIpc) is 3.73. The van der Waals surface area contributed by atoms with Crippen molar-refractivity contribution in [2.75, 3.05) is 38.1 Å². The molecule has 0 unspecified atom stereocenters. The molecule has 8 rings (SSSR count). The minimum Gasteiger partial charge on any atom is -0.369 e. The SMILES string of the molecule is C=Cc1ccc(-c2cccc(-c3cccc(-c4nc5ccc(-c6nc7ccc(N8CCN(C)CC8)cc7[nH]6)cc5[nH]4)c3)c2)cc1. The molecule has 0 aliphatic carbocycles. The van der Waals surface area contributed by atoms with Gasteiger partial charge in [0.25, 0.3) is 0 Å². The monoisotopic (exact) mass is 586 g/mol. The normalized spacial score (nSPS) is 13.9. The third-order valence-corrected chi connectivity index (χ3v) is 8.90. The largest absolute Gasteiger partial charge is 0.369 e. The summed E-state index contributed by atoms with van der Waals surface area (Å²) in [6.45, 7) is 8.12. The summed E-state index contributed by atoms with van der Waals surface area (Å²) in [5.41, 5.74) is 13.1. The van der Waals surface area contributed by atoms with Gasteiger partial charge in [0, 0.05) is 43.0 Å². The summed E-state index contributed by atoms with van der Waals surface area (Å²) in [6.07, 6.45) is 1.87. The molecule has 3 heterocycles.